The molecule has 0 bridgehead atoms. The number of halogens is 2. The smallest absolute Gasteiger partial charge is 0.323 e. The van der Waals surface area contributed by atoms with E-state index in [0.717, 1.165) is 17.7 Å². The van der Waals surface area contributed by atoms with Crippen LogP contribution in [0.2, 0.25) is 10.0 Å². The summed E-state index contributed by atoms with van der Waals surface area (Å²) in [5, 5.41) is 5.99. The number of carbonyl (C=O) groups is 3. The first-order valence-corrected chi connectivity index (χ1v) is 7.96. The Morgan fingerprint density at radius 2 is 2.09 bits per heavy atom. The van der Waals surface area contributed by atoms with Gasteiger partial charge < -0.3 is 10.6 Å². The highest BCUT2D eigenvalue weighted by molar-refractivity contribution is 6.35. The zero-order valence-corrected chi connectivity index (χ0v) is 13.9. The van der Waals surface area contributed by atoms with Crippen molar-refractivity contribution in [2.45, 2.75) is 25.3 Å². The first kappa shape index (κ1) is 16.1. The van der Waals surface area contributed by atoms with Crippen molar-refractivity contribution in [1.82, 2.24) is 10.2 Å². The summed E-state index contributed by atoms with van der Waals surface area (Å²) in [7, 11) is 0. The first-order chi connectivity index (χ1) is 10.8. The number of rotatable bonds is 4. The van der Waals surface area contributed by atoms with E-state index >= 15 is 0 Å². The van der Waals surface area contributed by atoms with Crippen LogP contribution < -0.4 is 10.6 Å². The molecular weight excluding hydrogens is 341 g/mol. The number of hydrogen-bond acceptors (Lipinski definition) is 3. The average molecular weight is 356 g/mol. The van der Waals surface area contributed by atoms with Crippen LogP contribution in [0.25, 0.3) is 0 Å². The van der Waals surface area contributed by atoms with E-state index in [1.807, 2.05) is 0 Å². The Kier molecular flexibility index (Phi) is 3.98. The Labute approximate surface area is 143 Å². The number of nitrogens with one attached hydrogen (secondary N) is 2. The summed E-state index contributed by atoms with van der Waals surface area (Å²) in [4.78, 5) is 37.5. The maximum atomic E-state index is 12.4. The first-order valence-electron chi connectivity index (χ1n) is 7.20. The highest BCUT2D eigenvalue weighted by Gasteiger charge is 2.56. The maximum Gasteiger partial charge on any atom is 0.325 e. The van der Waals surface area contributed by atoms with Crippen LogP contribution in [0.15, 0.2) is 18.2 Å². The second-order valence-electron chi connectivity index (χ2n) is 5.97. The number of hydrogen-bond donors (Lipinski definition) is 2. The quantitative estimate of drug-likeness (QED) is 0.814. The third kappa shape index (κ3) is 3.01. The van der Waals surface area contributed by atoms with Crippen molar-refractivity contribution >= 4 is 46.7 Å². The lowest BCUT2D eigenvalue weighted by atomic mass is 9.96. The van der Waals surface area contributed by atoms with Gasteiger partial charge in [-0.2, -0.15) is 0 Å². The lowest BCUT2D eigenvalue weighted by Crippen LogP contribution is -2.46. The number of anilines is 1. The Bertz CT molecular complexity index is 705. The minimum Gasteiger partial charge on any atom is -0.323 e. The van der Waals surface area contributed by atoms with Crippen LogP contribution in [0.5, 0.6) is 0 Å². The van der Waals surface area contributed by atoms with Crippen LogP contribution in [-0.4, -0.2) is 34.8 Å². The Hall–Kier alpha value is -1.79. The van der Waals surface area contributed by atoms with Gasteiger partial charge in [-0.05, 0) is 43.9 Å². The third-order valence-electron chi connectivity index (χ3n) is 4.20. The number of carbonyl (C=O) groups excluding carboxylic acids is 3. The molecule has 0 radical (unpaired) electrons. The van der Waals surface area contributed by atoms with E-state index < -0.39 is 17.5 Å². The molecule has 2 fully saturated rings. The molecular formula is C15H15Cl2N3O3. The van der Waals surface area contributed by atoms with Gasteiger partial charge >= 0.3 is 6.03 Å². The SMILES string of the molecule is CC1(C2CC2)NC(=O)N(CC(=O)Nc2cc(Cl)ccc2Cl)C1=O. The zero-order chi connectivity index (χ0) is 16.8. The van der Waals surface area contributed by atoms with Crippen molar-refractivity contribution in [3.8, 4) is 0 Å². The van der Waals surface area contributed by atoms with Gasteiger partial charge in [0.1, 0.15) is 12.1 Å². The van der Waals surface area contributed by atoms with Gasteiger partial charge in [0.05, 0.1) is 10.7 Å². The third-order valence-corrected chi connectivity index (χ3v) is 4.76. The van der Waals surface area contributed by atoms with Crippen LogP contribution >= 0.6 is 23.2 Å². The molecule has 1 aromatic carbocycles. The normalized spacial score (nSPS) is 23.9. The summed E-state index contributed by atoms with van der Waals surface area (Å²) < 4.78 is 0. The minimum absolute atomic E-state index is 0.148. The van der Waals surface area contributed by atoms with Crippen molar-refractivity contribution < 1.29 is 14.4 Å². The fourth-order valence-corrected chi connectivity index (χ4v) is 3.06. The fraction of sp³-hybridized carbons (Fsp3) is 0.400. The van der Waals surface area contributed by atoms with Gasteiger partial charge in [-0.1, -0.05) is 23.2 Å². The predicted molar refractivity (Wildman–Crippen MR) is 86.5 cm³/mol. The molecule has 2 aliphatic rings. The van der Waals surface area contributed by atoms with Crippen LogP contribution in [0.3, 0.4) is 0 Å². The number of nitrogens with zero attached hydrogens (tertiary/aromatic N) is 1. The van der Waals surface area contributed by atoms with Crippen molar-refractivity contribution in [2.75, 3.05) is 11.9 Å². The molecule has 8 heteroatoms. The molecule has 1 aromatic rings. The van der Waals surface area contributed by atoms with Crippen molar-refractivity contribution in [1.29, 1.82) is 0 Å². The van der Waals surface area contributed by atoms with Crippen LogP contribution in [-0.2, 0) is 9.59 Å². The molecule has 3 rings (SSSR count). The highest BCUT2D eigenvalue weighted by Crippen LogP contribution is 2.42. The summed E-state index contributed by atoms with van der Waals surface area (Å²) in [5.41, 5.74) is -0.563. The summed E-state index contributed by atoms with van der Waals surface area (Å²) >= 11 is 11.8. The van der Waals surface area contributed by atoms with Gasteiger partial charge in [0.2, 0.25) is 5.91 Å². The van der Waals surface area contributed by atoms with E-state index in [1.54, 1.807) is 19.1 Å². The van der Waals surface area contributed by atoms with E-state index in [4.69, 9.17) is 23.2 Å². The highest BCUT2D eigenvalue weighted by atomic mass is 35.5. The second-order valence-corrected chi connectivity index (χ2v) is 6.81. The van der Waals surface area contributed by atoms with Crippen LogP contribution in [0, 0.1) is 5.92 Å². The Morgan fingerprint density at radius 3 is 2.74 bits per heavy atom. The molecule has 1 saturated heterocycles. The lowest BCUT2D eigenvalue weighted by Gasteiger charge is -2.20. The summed E-state index contributed by atoms with van der Waals surface area (Å²) in [6.45, 7) is 1.34. The topological polar surface area (TPSA) is 78.5 Å². The summed E-state index contributed by atoms with van der Waals surface area (Å²) in [6.07, 6.45) is 1.81. The van der Waals surface area contributed by atoms with Gasteiger partial charge in [-0.3, -0.25) is 14.5 Å². The zero-order valence-electron chi connectivity index (χ0n) is 12.4. The van der Waals surface area contributed by atoms with E-state index in [2.05, 4.69) is 10.6 Å². The number of imide groups is 1. The van der Waals surface area contributed by atoms with E-state index in [1.165, 1.54) is 6.07 Å². The van der Waals surface area contributed by atoms with Gasteiger partial charge in [-0.15, -0.1) is 0 Å². The second kappa shape index (κ2) is 5.69. The molecule has 1 atom stereocenters. The molecule has 1 aliphatic carbocycles. The molecule has 6 nitrogen and oxygen atoms in total. The molecule has 122 valence electrons. The standard InChI is InChI=1S/C15H15Cl2N3O3/c1-15(8-2-3-8)13(22)20(14(23)19-15)7-12(21)18-11-6-9(16)4-5-10(11)17/h4-6,8H,2-3,7H2,1H3,(H,18,21)(H,19,23). The molecule has 1 saturated carbocycles. The molecule has 0 spiro atoms. The van der Waals surface area contributed by atoms with Crippen molar-refractivity contribution in [3.05, 3.63) is 28.2 Å². The molecule has 1 aliphatic heterocycles. The van der Waals surface area contributed by atoms with E-state index in [9.17, 15) is 14.4 Å². The Morgan fingerprint density at radius 1 is 1.39 bits per heavy atom. The fourth-order valence-electron chi connectivity index (χ4n) is 2.72. The van der Waals surface area contributed by atoms with Gasteiger partial charge in [0.15, 0.2) is 0 Å². The van der Waals surface area contributed by atoms with Crippen molar-refractivity contribution in [2.24, 2.45) is 5.92 Å². The average Bonchev–Trinajstić information content (AvgIpc) is 3.29. The van der Waals surface area contributed by atoms with Crippen LogP contribution in [0.1, 0.15) is 19.8 Å². The molecule has 4 amide bonds. The van der Waals surface area contributed by atoms with Crippen LogP contribution in [0.4, 0.5) is 10.5 Å². The largest absolute Gasteiger partial charge is 0.325 e. The number of amides is 4. The molecule has 23 heavy (non-hydrogen) atoms. The van der Waals surface area contributed by atoms with Crippen molar-refractivity contribution in [3.63, 3.8) is 0 Å². The van der Waals surface area contributed by atoms with E-state index in [-0.39, 0.29) is 18.4 Å². The summed E-state index contributed by atoms with van der Waals surface area (Å²) in [6, 6.07) is 4.11. The monoisotopic (exact) mass is 355 g/mol. The number of benzene rings is 1. The number of urea groups is 1. The predicted octanol–water partition coefficient (Wildman–Crippen LogP) is 2.65. The summed E-state index contributed by atoms with van der Waals surface area (Å²) in [5.74, 6) is -0.732. The minimum atomic E-state index is -0.898. The molecule has 1 unspecified atom stereocenters. The molecule has 0 aromatic heterocycles. The lowest BCUT2D eigenvalue weighted by molar-refractivity contribution is -0.134. The molecule has 2 N–H and O–H groups in total. The van der Waals surface area contributed by atoms with Gasteiger partial charge in [0, 0.05) is 5.02 Å². The van der Waals surface area contributed by atoms with Gasteiger partial charge in [0.25, 0.3) is 5.91 Å². The Balaban J connectivity index is 1.69. The maximum absolute atomic E-state index is 12.4. The van der Waals surface area contributed by atoms with E-state index in [0.29, 0.717) is 15.7 Å². The molecule has 1 heterocycles. The van der Waals surface area contributed by atoms with Gasteiger partial charge in [-0.25, -0.2) is 4.79 Å².